The van der Waals surface area contributed by atoms with E-state index in [0.717, 1.165) is 58.3 Å². The van der Waals surface area contributed by atoms with E-state index in [9.17, 15) is 9.59 Å². The summed E-state index contributed by atoms with van der Waals surface area (Å²) in [4.78, 5) is 26.3. The molecular formula is C18H34N3O2Y-. The maximum absolute atomic E-state index is 12.4. The molecule has 137 valence electrons. The van der Waals surface area contributed by atoms with E-state index in [1.54, 1.807) is 0 Å². The molecule has 0 unspecified atom stereocenters. The number of rotatable bonds is 1. The third-order valence-corrected chi connectivity index (χ3v) is 5.02. The van der Waals surface area contributed by atoms with Gasteiger partial charge in [-0.3, -0.25) is 4.79 Å². The van der Waals surface area contributed by atoms with Crippen molar-refractivity contribution in [2.45, 2.75) is 59.8 Å². The first-order chi connectivity index (χ1) is 11.2. The monoisotopic (exact) mass is 413 g/mol. The van der Waals surface area contributed by atoms with Gasteiger partial charge < -0.3 is 20.3 Å². The number of likely N-dealkylation sites (tertiary alicyclic amines) is 1. The number of carbonyl (C=O) groups excluding carboxylic acids is 2. The molecule has 0 atom stereocenters. The second-order valence-corrected chi connectivity index (χ2v) is 6.07. The molecule has 0 aromatic carbocycles. The molecule has 0 aromatic rings. The zero-order valence-corrected chi connectivity index (χ0v) is 18.8. The van der Waals surface area contributed by atoms with E-state index >= 15 is 0 Å². The van der Waals surface area contributed by atoms with Crippen LogP contribution < -0.4 is 5.32 Å². The molecule has 1 spiro atoms. The van der Waals surface area contributed by atoms with Crippen LogP contribution >= 0.6 is 0 Å². The number of nitrogens with zero attached hydrogens (tertiary/aromatic N) is 2. The number of amides is 2. The van der Waals surface area contributed by atoms with Gasteiger partial charge in [0.05, 0.1) is 5.91 Å². The van der Waals surface area contributed by atoms with Gasteiger partial charge in [-0.05, 0) is 38.8 Å². The topological polar surface area (TPSA) is 63.5 Å². The van der Waals surface area contributed by atoms with E-state index in [0.29, 0.717) is 12.5 Å². The predicted molar refractivity (Wildman–Crippen MR) is 94.4 cm³/mol. The summed E-state index contributed by atoms with van der Waals surface area (Å²) in [5.74, 6) is 0.583. The zero-order chi connectivity index (χ0) is 17.3. The van der Waals surface area contributed by atoms with Crippen LogP contribution in [0.2, 0.25) is 0 Å². The molecule has 3 fully saturated rings. The summed E-state index contributed by atoms with van der Waals surface area (Å²) in [6, 6.07) is 0. The van der Waals surface area contributed by atoms with Crippen molar-refractivity contribution in [2.24, 2.45) is 11.3 Å². The molecule has 0 saturated carbocycles. The van der Waals surface area contributed by atoms with Crippen molar-refractivity contribution in [1.82, 2.24) is 10.2 Å². The third-order valence-electron chi connectivity index (χ3n) is 5.02. The fraction of sp³-hybridized carbons (Fsp3) is 0.889. The van der Waals surface area contributed by atoms with E-state index in [4.69, 9.17) is 0 Å². The maximum Gasteiger partial charge on any atom is 0.225 e. The molecule has 2 amide bonds. The number of hydrogen-bond donors (Lipinski definition) is 1. The predicted octanol–water partition coefficient (Wildman–Crippen LogP) is 2.95. The second kappa shape index (κ2) is 12.4. The van der Waals surface area contributed by atoms with Gasteiger partial charge in [-0.15, -0.1) is 6.54 Å². The quantitative estimate of drug-likeness (QED) is 0.719. The summed E-state index contributed by atoms with van der Waals surface area (Å²) in [5.41, 5.74) is -0.217. The number of carbonyl (C=O) groups is 2. The molecule has 1 radical (unpaired) electrons. The van der Waals surface area contributed by atoms with Crippen molar-refractivity contribution in [3.8, 4) is 0 Å². The molecule has 24 heavy (non-hydrogen) atoms. The van der Waals surface area contributed by atoms with E-state index < -0.39 is 0 Å². The number of piperidine rings is 2. The first kappa shape index (κ1) is 24.0. The van der Waals surface area contributed by atoms with Crippen LogP contribution in [0.4, 0.5) is 0 Å². The van der Waals surface area contributed by atoms with Crippen LogP contribution in [0.5, 0.6) is 0 Å². The zero-order valence-electron chi connectivity index (χ0n) is 15.9. The van der Waals surface area contributed by atoms with Gasteiger partial charge in [0.15, 0.2) is 0 Å². The molecule has 1 N–H and O–H groups in total. The molecular weight excluding hydrogens is 379 g/mol. The van der Waals surface area contributed by atoms with Gasteiger partial charge in [-0.1, -0.05) is 34.1 Å². The molecule has 0 aliphatic carbocycles. The Morgan fingerprint density at radius 3 is 2.08 bits per heavy atom. The Hall–Kier alpha value is 0.00390. The van der Waals surface area contributed by atoms with Crippen LogP contribution in [0.3, 0.4) is 0 Å². The SMILES string of the molecule is CC.CC.O=C(C1CCNCC1)N1CCC2(CC[N-]C2=O)CC1.[Y]. The van der Waals surface area contributed by atoms with Crippen molar-refractivity contribution >= 4 is 11.8 Å². The van der Waals surface area contributed by atoms with E-state index in [-0.39, 0.29) is 49.9 Å². The fourth-order valence-electron chi connectivity index (χ4n) is 3.59. The van der Waals surface area contributed by atoms with Crippen LogP contribution in [0.1, 0.15) is 59.8 Å². The van der Waals surface area contributed by atoms with Gasteiger partial charge in [0.25, 0.3) is 0 Å². The summed E-state index contributed by atoms with van der Waals surface area (Å²) in [7, 11) is 0. The Kier molecular flexibility index (Phi) is 12.4. The van der Waals surface area contributed by atoms with E-state index in [2.05, 4.69) is 10.6 Å². The number of hydrogen-bond acceptors (Lipinski definition) is 3. The summed E-state index contributed by atoms with van der Waals surface area (Å²) in [6.07, 6.45) is 4.42. The summed E-state index contributed by atoms with van der Waals surface area (Å²) in [5, 5.41) is 7.31. The van der Waals surface area contributed by atoms with Crippen molar-refractivity contribution in [3.05, 3.63) is 5.32 Å². The maximum atomic E-state index is 12.4. The van der Waals surface area contributed by atoms with Crippen LogP contribution in [-0.2, 0) is 42.3 Å². The van der Waals surface area contributed by atoms with Crippen molar-refractivity contribution in [1.29, 1.82) is 0 Å². The Labute approximate surface area is 173 Å². The van der Waals surface area contributed by atoms with E-state index in [1.807, 2.05) is 32.6 Å². The molecule has 5 nitrogen and oxygen atoms in total. The minimum Gasteiger partial charge on any atom is -0.653 e. The smallest absolute Gasteiger partial charge is 0.225 e. The Bertz CT molecular complexity index is 376. The summed E-state index contributed by atoms with van der Waals surface area (Å²) >= 11 is 0. The average molecular weight is 413 g/mol. The second-order valence-electron chi connectivity index (χ2n) is 6.07. The van der Waals surface area contributed by atoms with Crippen LogP contribution in [0, 0.1) is 11.3 Å². The van der Waals surface area contributed by atoms with Crippen molar-refractivity contribution < 1.29 is 42.3 Å². The van der Waals surface area contributed by atoms with Crippen molar-refractivity contribution in [3.63, 3.8) is 0 Å². The Morgan fingerprint density at radius 1 is 1.08 bits per heavy atom. The standard InChI is InChI=1S/C14H23N3O2.2C2H6.Y/c18-12(11-1-6-15-7-2-11)17-9-4-14(5-10-17)3-8-16-13(14)19;2*1-2;/h11,15H,1-10H2,(H,16,19);2*1-2H3;/p-1. The van der Waals surface area contributed by atoms with Gasteiger partial charge in [0, 0.05) is 57.1 Å². The average Bonchev–Trinajstić information content (AvgIpc) is 2.99. The molecule has 3 saturated heterocycles. The van der Waals surface area contributed by atoms with Crippen LogP contribution in [0.15, 0.2) is 0 Å². The molecule has 3 aliphatic rings. The fourth-order valence-corrected chi connectivity index (χ4v) is 3.59. The first-order valence-corrected chi connectivity index (χ1v) is 9.43. The van der Waals surface area contributed by atoms with Gasteiger partial charge in [-0.25, -0.2) is 0 Å². The van der Waals surface area contributed by atoms with Crippen LogP contribution in [0.25, 0.3) is 5.32 Å². The van der Waals surface area contributed by atoms with Gasteiger partial charge in [-0.2, -0.15) is 0 Å². The third kappa shape index (κ3) is 5.77. The molecule has 3 aliphatic heterocycles. The normalized spacial score (nSPS) is 22.3. The first-order valence-electron chi connectivity index (χ1n) is 9.43. The molecule has 0 bridgehead atoms. The molecule has 0 aromatic heterocycles. The Morgan fingerprint density at radius 2 is 1.62 bits per heavy atom. The van der Waals surface area contributed by atoms with Crippen LogP contribution in [-0.4, -0.2) is 49.4 Å². The molecule has 6 heteroatoms. The molecule has 3 rings (SSSR count). The summed E-state index contributed by atoms with van der Waals surface area (Å²) in [6.45, 7) is 12.1. The van der Waals surface area contributed by atoms with E-state index in [1.165, 1.54) is 0 Å². The van der Waals surface area contributed by atoms with Gasteiger partial charge >= 0.3 is 0 Å². The minimum atomic E-state index is -0.217. The summed E-state index contributed by atoms with van der Waals surface area (Å²) < 4.78 is 0. The van der Waals surface area contributed by atoms with Crippen molar-refractivity contribution in [2.75, 3.05) is 32.7 Å². The van der Waals surface area contributed by atoms with Gasteiger partial charge in [0.2, 0.25) is 5.91 Å². The number of nitrogens with one attached hydrogen (secondary N) is 1. The Balaban J connectivity index is 0.000000987. The minimum absolute atomic E-state index is 0. The van der Waals surface area contributed by atoms with Gasteiger partial charge in [0.1, 0.15) is 0 Å². The molecule has 3 heterocycles. The largest absolute Gasteiger partial charge is 0.653 e.